The maximum Gasteiger partial charge on any atom is 0.335 e. The van der Waals surface area contributed by atoms with Gasteiger partial charge in [0.1, 0.15) is 11.6 Å². The molecule has 6 nitrogen and oxygen atoms in total. The van der Waals surface area contributed by atoms with Crippen LogP contribution in [0.2, 0.25) is 0 Å². The molecule has 1 aliphatic rings. The number of hydrogen-bond donors (Lipinski definition) is 2. The van der Waals surface area contributed by atoms with Crippen molar-refractivity contribution in [3.05, 3.63) is 118 Å². The third-order valence-corrected chi connectivity index (χ3v) is 10.9. The fourth-order valence-corrected chi connectivity index (χ4v) is 7.63. The van der Waals surface area contributed by atoms with Gasteiger partial charge in [-0.2, -0.15) is 0 Å². The summed E-state index contributed by atoms with van der Waals surface area (Å²) in [4.78, 5) is 23.8. The molecule has 1 aliphatic carbocycles. The molecule has 0 spiro atoms. The number of ether oxygens (including phenoxy) is 2. The summed E-state index contributed by atoms with van der Waals surface area (Å²) in [6.07, 6.45) is 10.9. The number of carbonyl (C=O) groups is 2. The van der Waals surface area contributed by atoms with Crippen LogP contribution in [0.4, 0.5) is 8.78 Å². The van der Waals surface area contributed by atoms with E-state index in [0.717, 1.165) is 60.8 Å². The Hall–Kier alpha value is -4.14. The largest absolute Gasteiger partial charge is 0.462 e. The molecule has 54 heavy (non-hydrogen) atoms. The van der Waals surface area contributed by atoms with Crippen LogP contribution in [0, 0.1) is 11.6 Å². The first-order valence-electron chi connectivity index (χ1n) is 19.7. The molecule has 8 heteroatoms. The summed E-state index contributed by atoms with van der Waals surface area (Å²) in [6, 6.07) is 17.7. The highest BCUT2D eigenvalue weighted by atomic mass is 19.1. The molecular formula is C46H58F2O6. The number of aliphatic hydroxyl groups is 2. The van der Waals surface area contributed by atoms with Gasteiger partial charge < -0.3 is 19.7 Å². The molecule has 4 rings (SSSR count). The van der Waals surface area contributed by atoms with Crippen molar-refractivity contribution in [2.75, 3.05) is 26.4 Å². The lowest BCUT2D eigenvalue weighted by molar-refractivity contribution is -0.140. The molecule has 3 aromatic carbocycles. The van der Waals surface area contributed by atoms with Crippen molar-refractivity contribution in [2.24, 2.45) is 0 Å². The van der Waals surface area contributed by atoms with Gasteiger partial charge >= 0.3 is 11.9 Å². The van der Waals surface area contributed by atoms with Gasteiger partial charge in [0, 0.05) is 0 Å². The van der Waals surface area contributed by atoms with Gasteiger partial charge in [0.25, 0.3) is 0 Å². The molecule has 0 amide bonds. The van der Waals surface area contributed by atoms with Crippen molar-refractivity contribution in [1.29, 1.82) is 0 Å². The first-order chi connectivity index (χ1) is 26.1. The number of carbonyl (C=O) groups excluding carboxylic acids is 2. The van der Waals surface area contributed by atoms with E-state index in [9.17, 15) is 9.59 Å². The number of aliphatic hydroxyl groups excluding tert-OH is 2. The van der Waals surface area contributed by atoms with Gasteiger partial charge in [0.2, 0.25) is 0 Å². The minimum absolute atomic E-state index is 0.0311. The molecule has 0 aromatic heterocycles. The van der Waals surface area contributed by atoms with Crippen LogP contribution in [0.3, 0.4) is 0 Å². The topological polar surface area (TPSA) is 93.1 Å². The summed E-state index contributed by atoms with van der Waals surface area (Å²) in [5.41, 5.74) is 6.84. The molecule has 0 unspecified atom stereocenters. The second-order valence-electron chi connectivity index (χ2n) is 14.6. The number of rotatable bonds is 21. The lowest BCUT2D eigenvalue weighted by atomic mass is 9.75. The molecule has 0 radical (unpaired) electrons. The Labute approximate surface area is 320 Å². The van der Waals surface area contributed by atoms with E-state index >= 15 is 8.78 Å². The van der Waals surface area contributed by atoms with Crippen LogP contribution in [-0.2, 0) is 31.9 Å². The van der Waals surface area contributed by atoms with E-state index in [-0.39, 0.29) is 53.7 Å². The van der Waals surface area contributed by atoms with Gasteiger partial charge in [-0.15, -0.1) is 0 Å². The van der Waals surface area contributed by atoms with Crippen LogP contribution in [0.5, 0.6) is 0 Å². The normalized spacial score (nSPS) is 15.6. The summed E-state index contributed by atoms with van der Waals surface area (Å²) in [5, 5.41) is 18.2. The third kappa shape index (κ3) is 11.9. The highest BCUT2D eigenvalue weighted by Crippen LogP contribution is 2.42. The Morgan fingerprint density at radius 3 is 1.87 bits per heavy atom. The van der Waals surface area contributed by atoms with Crippen LogP contribution in [0.1, 0.15) is 130 Å². The number of unbranched alkanes of at least 4 members (excludes halogenated alkanes) is 2. The summed E-state index contributed by atoms with van der Waals surface area (Å²) in [5.74, 6) is -1.74. The van der Waals surface area contributed by atoms with Gasteiger partial charge in [-0.05, 0) is 139 Å². The zero-order valence-corrected chi connectivity index (χ0v) is 32.1. The Balaban J connectivity index is 1.38. The lowest BCUT2D eigenvalue weighted by Gasteiger charge is -2.30. The van der Waals surface area contributed by atoms with Crippen molar-refractivity contribution in [3.63, 3.8) is 0 Å². The number of esters is 2. The molecule has 3 aromatic rings. The van der Waals surface area contributed by atoms with Crippen molar-refractivity contribution in [1.82, 2.24) is 0 Å². The SMILES string of the molecule is C=C(CO)C(=O)OCCCC(CCCOC(=O)C(=C)CO)c1ccc(C2CCC(c3ccc(-c4ccc(CCCCC)c(CC)c4)cc3F)CC2)cc1F. The zero-order chi connectivity index (χ0) is 39.0. The number of hydrogen-bond acceptors (Lipinski definition) is 6. The van der Waals surface area contributed by atoms with Gasteiger partial charge in [-0.25, -0.2) is 18.4 Å². The highest BCUT2D eigenvalue weighted by Gasteiger charge is 2.27. The average molecular weight is 745 g/mol. The summed E-state index contributed by atoms with van der Waals surface area (Å²) < 4.78 is 41.9. The van der Waals surface area contributed by atoms with E-state index in [2.05, 4.69) is 45.2 Å². The molecule has 1 saturated carbocycles. The molecule has 0 bridgehead atoms. The molecule has 2 N–H and O–H groups in total. The fourth-order valence-electron chi connectivity index (χ4n) is 7.63. The summed E-state index contributed by atoms with van der Waals surface area (Å²) in [7, 11) is 0. The first kappa shape index (κ1) is 42.6. The lowest BCUT2D eigenvalue weighted by Crippen LogP contribution is -2.14. The Morgan fingerprint density at radius 2 is 1.31 bits per heavy atom. The predicted molar refractivity (Wildman–Crippen MR) is 210 cm³/mol. The van der Waals surface area contributed by atoms with Crippen molar-refractivity contribution >= 4 is 11.9 Å². The molecule has 0 atom stereocenters. The monoisotopic (exact) mass is 744 g/mol. The van der Waals surface area contributed by atoms with Crippen LogP contribution in [-0.4, -0.2) is 48.6 Å². The van der Waals surface area contributed by atoms with E-state index < -0.39 is 25.2 Å². The van der Waals surface area contributed by atoms with Gasteiger partial charge in [-0.3, -0.25) is 0 Å². The van der Waals surface area contributed by atoms with Crippen LogP contribution in [0.15, 0.2) is 78.9 Å². The van der Waals surface area contributed by atoms with Gasteiger partial charge in [0.05, 0.1) is 37.6 Å². The molecular weight excluding hydrogens is 686 g/mol. The summed E-state index contributed by atoms with van der Waals surface area (Å²) >= 11 is 0. The maximum atomic E-state index is 15.8. The van der Waals surface area contributed by atoms with Gasteiger partial charge in [-0.1, -0.05) is 82.3 Å². The molecule has 0 heterocycles. The number of benzene rings is 3. The molecule has 1 fully saturated rings. The van der Waals surface area contributed by atoms with Crippen molar-refractivity contribution in [3.8, 4) is 11.1 Å². The van der Waals surface area contributed by atoms with Crippen LogP contribution < -0.4 is 0 Å². The number of aryl methyl sites for hydroxylation is 2. The second-order valence-corrected chi connectivity index (χ2v) is 14.6. The Kier molecular flexibility index (Phi) is 17.1. The van der Waals surface area contributed by atoms with Gasteiger partial charge in [0.15, 0.2) is 0 Å². The zero-order valence-electron chi connectivity index (χ0n) is 32.1. The first-order valence-corrected chi connectivity index (χ1v) is 19.7. The number of halogens is 2. The Morgan fingerprint density at radius 1 is 0.722 bits per heavy atom. The molecule has 0 saturated heterocycles. The van der Waals surface area contributed by atoms with E-state index in [1.807, 2.05) is 24.3 Å². The van der Waals surface area contributed by atoms with E-state index in [1.54, 1.807) is 12.1 Å². The highest BCUT2D eigenvalue weighted by molar-refractivity contribution is 5.88. The van der Waals surface area contributed by atoms with E-state index in [0.29, 0.717) is 31.2 Å². The molecule has 0 aliphatic heterocycles. The smallest absolute Gasteiger partial charge is 0.335 e. The quantitative estimate of drug-likeness (QED) is 0.0641. The molecule has 292 valence electrons. The van der Waals surface area contributed by atoms with E-state index in [4.69, 9.17) is 19.7 Å². The average Bonchev–Trinajstić information content (AvgIpc) is 3.19. The summed E-state index contributed by atoms with van der Waals surface area (Å²) in [6.45, 7) is 10.6. The second kappa shape index (κ2) is 21.7. The van der Waals surface area contributed by atoms with Crippen LogP contribution in [0.25, 0.3) is 11.1 Å². The minimum Gasteiger partial charge on any atom is -0.462 e. The Bertz CT molecular complexity index is 1690. The standard InChI is InChI=1S/C46H58F2O6/c1-5-7-8-11-34-16-19-38(26-33(34)6-2)40-21-23-42(44(48)28-40)37-17-14-35(15-18-37)39-20-22-41(43(47)27-39)36(12-9-24-53-45(51)31(3)29-49)13-10-25-54-46(52)32(4)30-50/h16,19-23,26-28,35-37,49-50H,3-15,17-18,24-25,29-30H2,1-2H3. The predicted octanol–water partition coefficient (Wildman–Crippen LogP) is 10.2. The van der Waals surface area contributed by atoms with Crippen molar-refractivity contribution < 1.29 is 38.1 Å². The maximum absolute atomic E-state index is 15.8. The van der Waals surface area contributed by atoms with Crippen LogP contribution >= 0.6 is 0 Å². The minimum atomic E-state index is -0.667. The third-order valence-electron chi connectivity index (χ3n) is 10.9. The van der Waals surface area contributed by atoms with E-state index in [1.165, 1.54) is 30.4 Å². The fraction of sp³-hybridized carbons (Fsp3) is 0.478. The van der Waals surface area contributed by atoms with Crippen molar-refractivity contribution in [2.45, 2.75) is 115 Å².